The lowest BCUT2D eigenvalue weighted by atomic mass is 10.4. The summed E-state index contributed by atoms with van der Waals surface area (Å²) in [6, 6.07) is 0. The highest BCUT2D eigenvalue weighted by atomic mass is 32.2. The summed E-state index contributed by atoms with van der Waals surface area (Å²) in [7, 11) is -3.49. The summed E-state index contributed by atoms with van der Waals surface area (Å²) < 4.78 is 26.6. The Morgan fingerprint density at radius 3 is 2.47 bits per heavy atom. The van der Waals surface area contributed by atoms with Crippen molar-refractivity contribution in [2.24, 2.45) is 0 Å². The molecule has 0 amide bonds. The summed E-state index contributed by atoms with van der Waals surface area (Å²) in [5.41, 5.74) is 6.01. The first-order valence-electron chi connectivity index (χ1n) is 6.01. The number of aliphatic hydroxyl groups excluding tert-OH is 1. The molecule has 0 aromatic carbocycles. The second kappa shape index (κ2) is 5.71. The van der Waals surface area contributed by atoms with Gasteiger partial charge in [0, 0.05) is 32.7 Å². The standard InChI is InChI=1S/C10H18N4O3S2/c1-8-9(18-10(11)12-8)19(16,17)14-4-2-13(3-5-14)6-7-15/h15H,2-7H2,1H3,(H2,11,12). The number of β-amino-alcohol motifs (C(OH)–C–C–N with tert-alkyl or cyclic N) is 1. The lowest BCUT2D eigenvalue weighted by molar-refractivity contribution is 0.151. The number of hydrogen-bond donors (Lipinski definition) is 2. The number of nitrogens with zero attached hydrogens (tertiary/aromatic N) is 3. The van der Waals surface area contributed by atoms with Gasteiger partial charge < -0.3 is 10.8 Å². The number of rotatable bonds is 4. The molecule has 1 saturated heterocycles. The number of piperazine rings is 1. The minimum Gasteiger partial charge on any atom is -0.395 e. The summed E-state index contributed by atoms with van der Waals surface area (Å²) in [6.45, 7) is 4.46. The van der Waals surface area contributed by atoms with Crippen LogP contribution in [0.3, 0.4) is 0 Å². The van der Waals surface area contributed by atoms with Crippen molar-refractivity contribution in [2.75, 3.05) is 45.1 Å². The molecule has 19 heavy (non-hydrogen) atoms. The monoisotopic (exact) mass is 306 g/mol. The van der Waals surface area contributed by atoms with Crippen LogP contribution in [0.2, 0.25) is 0 Å². The van der Waals surface area contributed by atoms with E-state index in [1.807, 2.05) is 4.90 Å². The zero-order valence-electron chi connectivity index (χ0n) is 10.7. The van der Waals surface area contributed by atoms with Gasteiger partial charge in [-0.3, -0.25) is 4.90 Å². The summed E-state index contributed by atoms with van der Waals surface area (Å²) >= 11 is 1.01. The minimum atomic E-state index is -3.49. The molecule has 1 aliphatic rings. The topological polar surface area (TPSA) is 99.8 Å². The van der Waals surface area contributed by atoms with E-state index in [9.17, 15) is 8.42 Å². The molecule has 2 heterocycles. The van der Waals surface area contributed by atoms with E-state index in [0.717, 1.165) is 11.3 Å². The first-order valence-corrected chi connectivity index (χ1v) is 8.27. The van der Waals surface area contributed by atoms with Gasteiger partial charge in [-0.05, 0) is 6.92 Å². The van der Waals surface area contributed by atoms with Crippen LogP contribution in [0, 0.1) is 6.92 Å². The molecule has 1 aromatic heterocycles. The third-order valence-electron chi connectivity index (χ3n) is 3.09. The minimum absolute atomic E-state index is 0.0945. The predicted octanol–water partition coefficient (Wildman–Crippen LogP) is -0.668. The molecule has 0 bridgehead atoms. The van der Waals surface area contributed by atoms with Gasteiger partial charge in [0.1, 0.15) is 0 Å². The van der Waals surface area contributed by atoms with E-state index in [-0.39, 0.29) is 15.9 Å². The summed E-state index contributed by atoms with van der Waals surface area (Å²) in [4.78, 5) is 6.01. The maximum absolute atomic E-state index is 12.5. The molecule has 1 aromatic rings. The molecule has 2 rings (SSSR count). The number of anilines is 1. The first kappa shape index (κ1) is 14.7. The van der Waals surface area contributed by atoms with Crippen molar-refractivity contribution in [3.63, 3.8) is 0 Å². The highest BCUT2D eigenvalue weighted by Gasteiger charge is 2.31. The van der Waals surface area contributed by atoms with Crippen LogP contribution in [0.4, 0.5) is 5.13 Å². The zero-order chi connectivity index (χ0) is 14.0. The number of hydrogen-bond acceptors (Lipinski definition) is 7. The van der Waals surface area contributed by atoms with E-state index in [2.05, 4.69) is 4.98 Å². The van der Waals surface area contributed by atoms with Gasteiger partial charge in [0.15, 0.2) is 9.34 Å². The predicted molar refractivity (Wildman–Crippen MR) is 73.5 cm³/mol. The Hall–Kier alpha value is -0.740. The van der Waals surface area contributed by atoms with Gasteiger partial charge in [-0.2, -0.15) is 4.31 Å². The van der Waals surface area contributed by atoms with Crippen molar-refractivity contribution in [1.82, 2.24) is 14.2 Å². The Labute approximate surface area is 116 Å². The molecule has 3 N–H and O–H groups in total. The smallest absolute Gasteiger partial charge is 0.254 e. The number of sulfonamides is 1. The molecular formula is C10H18N4O3S2. The van der Waals surface area contributed by atoms with Crippen LogP contribution in [0.1, 0.15) is 5.69 Å². The van der Waals surface area contributed by atoms with Crippen molar-refractivity contribution >= 4 is 26.5 Å². The van der Waals surface area contributed by atoms with Gasteiger partial charge in [0.25, 0.3) is 10.0 Å². The maximum Gasteiger partial charge on any atom is 0.254 e. The Bertz CT molecular complexity index is 535. The van der Waals surface area contributed by atoms with Crippen LogP contribution < -0.4 is 5.73 Å². The average molecular weight is 306 g/mol. The van der Waals surface area contributed by atoms with Gasteiger partial charge >= 0.3 is 0 Å². The quantitative estimate of drug-likeness (QED) is 0.765. The Morgan fingerprint density at radius 2 is 2.00 bits per heavy atom. The molecule has 0 radical (unpaired) electrons. The van der Waals surface area contributed by atoms with Crippen molar-refractivity contribution in [1.29, 1.82) is 0 Å². The third kappa shape index (κ3) is 3.06. The number of aromatic nitrogens is 1. The number of thiazole rings is 1. The molecule has 0 atom stereocenters. The molecule has 0 aliphatic carbocycles. The summed E-state index contributed by atoms with van der Waals surface area (Å²) in [5.74, 6) is 0. The first-order chi connectivity index (χ1) is 8.95. The molecule has 1 fully saturated rings. The number of aryl methyl sites for hydroxylation is 1. The van der Waals surface area contributed by atoms with Gasteiger partial charge in [-0.25, -0.2) is 13.4 Å². The highest BCUT2D eigenvalue weighted by molar-refractivity contribution is 7.91. The number of nitrogen functional groups attached to an aromatic ring is 1. The fraction of sp³-hybridized carbons (Fsp3) is 0.700. The van der Waals surface area contributed by atoms with E-state index >= 15 is 0 Å². The fourth-order valence-corrected chi connectivity index (χ4v) is 4.95. The average Bonchev–Trinajstić information content (AvgIpc) is 2.70. The second-order valence-electron chi connectivity index (χ2n) is 4.39. The van der Waals surface area contributed by atoms with Crippen molar-refractivity contribution in [2.45, 2.75) is 11.1 Å². The van der Waals surface area contributed by atoms with E-state index in [4.69, 9.17) is 10.8 Å². The van der Waals surface area contributed by atoms with Gasteiger partial charge in [-0.15, -0.1) is 0 Å². The van der Waals surface area contributed by atoms with E-state index in [1.165, 1.54) is 4.31 Å². The van der Waals surface area contributed by atoms with Crippen molar-refractivity contribution < 1.29 is 13.5 Å². The molecule has 108 valence electrons. The van der Waals surface area contributed by atoms with Gasteiger partial charge in [0.05, 0.1) is 12.3 Å². The van der Waals surface area contributed by atoms with Gasteiger partial charge in [0.2, 0.25) is 0 Å². The maximum atomic E-state index is 12.5. The molecule has 0 spiro atoms. The third-order valence-corrected chi connectivity index (χ3v) is 6.56. The van der Waals surface area contributed by atoms with Crippen LogP contribution in [0.5, 0.6) is 0 Å². The summed E-state index contributed by atoms with van der Waals surface area (Å²) in [5, 5.41) is 9.14. The van der Waals surface area contributed by atoms with E-state index in [0.29, 0.717) is 38.4 Å². The van der Waals surface area contributed by atoms with Gasteiger partial charge in [-0.1, -0.05) is 11.3 Å². The molecule has 0 unspecified atom stereocenters. The van der Waals surface area contributed by atoms with E-state index < -0.39 is 10.0 Å². The molecule has 7 nitrogen and oxygen atoms in total. The molecule has 1 aliphatic heterocycles. The van der Waals surface area contributed by atoms with Crippen LogP contribution in [0.15, 0.2) is 4.21 Å². The van der Waals surface area contributed by atoms with Crippen molar-refractivity contribution in [3.8, 4) is 0 Å². The Kier molecular flexibility index (Phi) is 4.41. The molecule has 9 heteroatoms. The number of nitrogens with two attached hydrogens (primary N) is 1. The van der Waals surface area contributed by atoms with Crippen LogP contribution in [-0.4, -0.2) is 67.0 Å². The second-order valence-corrected chi connectivity index (χ2v) is 7.56. The number of aliphatic hydroxyl groups is 1. The molecular weight excluding hydrogens is 288 g/mol. The molecule has 0 saturated carbocycles. The highest BCUT2D eigenvalue weighted by Crippen LogP contribution is 2.28. The lowest BCUT2D eigenvalue weighted by Gasteiger charge is -2.33. The van der Waals surface area contributed by atoms with Crippen LogP contribution >= 0.6 is 11.3 Å². The normalized spacial score (nSPS) is 18.8. The zero-order valence-corrected chi connectivity index (χ0v) is 12.4. The SMILES string of the molecule is Cc1nc(N)sc1S(=O)(=O)N1CCN(CCO)CC1. The van der Waals surface area contributed by atoms with E-state index in [1.54, 1.807) is 6.92 Å². The Balaban J connectivity index is 2.12. The van der Waals surface area contributed by atoms with Crippen LogP contribution in [0.25, 0.3) is 0 Å². The largest absolute Gasteiger partial charge is 0.395 e. The fourth-order valence-electron chi connectivity index (χ4n) is 2.09. The summed E-state index contributed by atoms with van der Waals surface area (Å²) in [6.07, 6.45) is 0. The van der Waals surface area contributed by atoms with Crippen LogP contribution in [-0.2, 0) is 10.0 Å². The Morgan fingerprint density at radius 1 is 1.37 bits per heavy atom. The lowest BCUT2D eigenvalue weighted by Crippen LogP contribution is -2.49. The van der Waals surface area contributed by atoms with Crippen molar-refractivity contribution in [3.05, 3.63) is 5.69 Å².